The predicted molar refractivity (Wildman–Crippen MR) is 91.8 cm³/mol. The van der Waals surface area contributed by atoms with Crippen molar-refractivity contribution in [2.24, 2.45) is 0 Å². The minimum Gasteiger partial charge on any atom is -0.388 e. The third-order valence-electron chi connectivity index (χ3n) is 4.00. The number of imidazole rings is 1. The van der Waals surface area contributed by atoms with Gasteiger partial charge >= 0.3 is 6.72 Å². The summed E-state index contributed by atoms with van der Waals surface area (Å²) >= 11 is 4.43. The van der Waals surface area contributed by atoms with Crippen LogP contribution in [0.3, 0.4) is 0 Å². The molecule has 13 heteroatoms. The Labute approximate surface area is 148 Å². The molecule has 0 radical (unpaired) electrons. The topological polar surface area (TPSA) is 152 Å². The van der Waals surface area contributed by atoms with Gasteiger partial charge in [-0.15, -0.1) is 0 Å². The van der Waals surface area contributed by atoms with Crippen LogP contribution in [0.1, 0.15) is 6.23 Å². The zero-order valence-electron chi connectivity index (χ0n) is 13.5. The van der Waals surface area contributed by atoms with Crippen LogP contribution >= 0.6 is 6.72 Å². The van der Waals surface area contributed by atoms with Gasteiger partial charge < -0.3 is 29.9 Å². The second-order valence-corrected chi connectivity index (χ2v) is 8.55. The number of anilines is 1. The van der Waals surface area contributed by atoms with E-state index >= 15 is 0 Å². The Kier molecular flexibility index (Phi) is 5.06. The number of rotatable bonds is 5. The average molecular weight is 390 g/mol. The molecular formula is C12H19N6O5PS. The zero-order chi connectivity index (χ0) is 18.4. The molecule has 1 aliphatic rings. The maximum absolute atomic E-state index is 10.6. The Balaban J connectivity index is 1.93. The Morgan fingerprint density at radius 1 is 1.40 bits per heavy atom. The van der Waals surface area contributed by atoms with Crippen LogP contribution in [0.5, 0.6) is 0 Å². The van der Waals surface area contributed by atoms with Crippen molar-refractivity contribution in [1.29, 1.82) is 0 Å². The summed E-state index contributed by atoms with van der Waals surface area (Å²) < 4.78 is 12.4. The number of aliphatic hydroxyl groups excluding tert-OH is 1. The zero-order valence-corrected chi connectivity index (χ0v) is 15.2. The third-order valence-corrected chi connectivity index (χ3v) is 4.80. The summed E-state index contributed by atoms with van der Waals surface area (Å²) in [5, 5.41) is 10.6. The van der Waals surface area contributed by atoms with Crippen LogP contribution in [0.4, 0.5) is 5.82 Å². The fraction of sp³-hybridized carbons (Fsp3) is 0.583. The van der Waals surface area contributed by atoms with Gasteiger partial charge in [0, 0.05) is 0 Å². The molecule has 0 spiro atoms. The predicted octanol–water partition coefficient (Wildman–Crippen LogP) is -1.18. The van der Waals surface area contributed by atoms with Crippen molar-refractivity contribution < 1.29 is 24.2 Å². The van der Waals surface area contributed by atoms with Crippen molar-refractivity contribution in [2.75, 3.05) is 26.4 Å². The molecule has 2 aromatic rings. The summed E-state index contributed by atoms with van der Waals surface area (Å²) in [5.41, 5.74) is 6.70. The number of aliphatic hydroxyl groups is 1. The molecule has 1 saturated heterocycles. The molecule has 0 aromatic carbocycles. The molecular weight excluding hydrogens is 371 g/mol. The summed E-state index contributed by atoms with van der Waals surface area (Å²) in [6, 6.07) is -0.461. The summed E-state index contributed by atoms with van der Waals surface area (Å²) in [6.45, 7) is -4.10. The number of likely N-dealkylation sites (N-methyl/N-ethyl adjacent to an activating group) is 1. The first-order valence-electron chi connectivity index (χ1n) is 7.32. The van der Waals surface area contributed by atoms with Crippen molar-refractivity contribution in [1.82, 2.24) is 24.4 Å². The molecule has 3 heterocycles. The van der Waals surface area contributed by atoms with Crippen molar-refractivity contribution in [2.45, 2.75) is 24.5 Å². The number of ether oxygens (including phenoxy) is 1. The number of nitrogen functional groups attached to an aromatic ring is 1. The molecule has 0 aliphatic carbocycles. The highest BCUT2D eigenvalue weighted by Gasteiger charge is 2.46. The molecule has 5 N–H and O–H groups in total. The van der Waals surface area contributed by atoms with Crippen molar-refractivity contribution in [3.8, 4) is 0 Å². The lowest BCUT2D eigenvalue weighted by atomic mass is 10.1. The first-order valence-corrected chi connectivity index (χ1v) is 9.94. The molecule has 138 valence electrons. The summed E-state index contributed by atoms with van der Waals surface area (Å²) in [4.78, 5) is 32.5. The highest BCUT2D eigenvalue weighted by Crippen LogP contribution is 2.40. The molecule has 25 heavy (non-hydrogen) atoms. The van der Waals surface area contributed by atoms with Crippen LogP contribution in [-0.4, -0.2) is 78.3 Å². The SMILES string of the molecule is CN(C)[C@@H]1[C@H](O)[C@@H](COP(O)(O)=S)O[C@H]1n1cnc2c(N)ncnc21. The van der Waals surface area contributed by atoms with E-state index in [0.29, 0.717) is 11.2 Å². The maximum Gasteiger partial charge on any atom is 0.321 e. The maximum atomic E-state index is 10.6. The third kappa shape index (κ3) is 3.66. The van der Waals surface area contributed by atoms with Gasteiger partial charge in [0.2, 0.25) is 0 Å². The number of nitrogens with two attached hydrogens (primary N) is 1. The van der Waals surface area contributed by atoms with Gasteiger partial charge in [0.1, 0.15) is 24.1 Å². The van der Waals surface area contributed by atoms with Gasteiger partial charge in [-0.2, -0.15) is 0 Å². The van der Waals surface area contributed by atoms with Gasteiger partial charge in [-0.1, -0.05) is 0 Å². The molecule has 4 atom stereocenters. The molecule has 0 bridgehead atoms. The molecule has 0 unspecified atom stereocenters. The Morgan fingerprint density at radius 3 is 2.76 bits per heavy atom. The lowest BCUT2D eigenvalue weighted by molar-refractivity contribution is -0.0428. The van der Waals surface area contributed by atoms with E-state index in [4.69, 9.17) is 15.0 Å². The number of fused-ring (bicyclic) bond motifs is 1. The van der Waals surface area contributed by atoms with Crippen molar-refractivity contribution >= 4 is 35.5 Å². The van der Waals surface area contributed by atoms with Gasteiger partial charge in [0.15, 0.2) is 17.7 Å². The minimum atomic E-state index is -3.84. The second kappa shape index (κ2) is 6.82. The normalized spacial score (nSPS) is 27.4. The molecule has 1 fully saturated rings. The summed E-state index contributed by atoms with van der Waals surface area (Å²) in [6.07, 6.45) is 0.414. The first-order chi connectivity index (χ1) is 11.7. The van der Waals surface area contributed by atoms with Crippen LogP contribution in [-0.2, 0) is 21.1 Å². The van der Waals surface area contributed by atoms with Gasteiger partial charge in [0.05, 0.1) is 19.0 Å². The highest BCUT2D eigenvalue weighted by molar-refractivity contribution is 8.06. The lowest BCUT2D eigenvalue weighted by Crippen LogP contribution is -2.43. The number of hydrogen-bond acceptors (Lipinski definition) is 9. The van der Waals surface area contributed by atoms with Crippen LogP contribution < -0.4 is 5.73 Å². The van der Waals surface area contributed by atoms with Crippen LogP contribution in [0, 0.1) is 0 Å². The molecule has 2 aromatic heterocycles. The molecule has 0 amide bonds. The second-order valence-electron chi connectivity index (χ2n) is 5.88. The van der Waals surface area contributed by atoms with E-state index in [0.717, 1.165) is 0 Å². The first kappa shape index (κ1) is 18.5. The lowest BCUT2D eigenvalue weighted by Gasteiger charge is -2.27. The molecule has 3 rings (SSSR count). The minimum absolute atomic E-state index is 0.241. The number of aromatic nitrogens is 4. The Bertz CT molecular complexity index is 812. The Hall–Kier alpha value is -1.24. The summed E-state index contributed by atoms with van der Waals surface area (Å²) in [7, 11) is 3.58. The molecule has 1 aliphatic heterocycles. The van der Waals surface area contributed by atoms with E-state index in [1.54, 1.807) is 23.6 Å². The van der Waals surface area contributed by atoms with Crippen molar-refractivity contribution in [3.63, 3.8) is 0 Å². The van der Waals surface area contributed by atoms with Crippen LogP contribution in [0.2, 0.25) is 0 Å². The Morgan fingerprint density at radius 2 is 2.12 bits per heavy atom. The fourth-order valence-corrected chi connectivity index (χ4v) is 3.41. The van der Waals surface area contributed by atoms with E-state index in [1.807, 2.05) is 0 Å². The fourth-order valence-electron chi connectivity index (χ4n) is 2.88. The van der Waals surface area contributed by atoms with Crippen LogP contribution in [0.25, 0.3) is 11.2 Å². The van der Waals surface area contributed by atoms with Crippen LogP contribution in [0.15, 0.2) is 12.7 Å². The van der Waals surface area contributed by atoms with Gasteiger partial charge in [0.25, 0.3) is 0 Å². The van der Waals surface area contributed by atoms with E-state index in [2.05, 4.69) is 26.8 Å². The molecule has 11 nitrogen and oxygen atoms in total. The van der Waals surface area contributed by atoms with Crippen molar-refractivity contribution in [3.05, 3.63) is 12.7 Å². The van der Waals surface area contributed by atoms with Gasteiger partial charge in [-0.25, -0.2) is 15.0 Å². The average Bonchev–Trinajstić information content (AvgIpc) is 3.06. The van der Waals surface area contributed by atoms with E-state index in [1.165, 1.54) is 12.7 Å². The monoisotopic (exact) mass is 390 g/mol. The van der Waals surface area contributed by atoms with E-state index < -0.39 is 31.2 Å². The molecule has 0 saturated carbocycles. The smallest absolute Gasteiger partial charge is 0.321 e. The van der Waals surface area contributed by atoms with Gasteiger partial charge in [-0.3, -0.25) is 9.47 Å². The van der Waals surface area contributed by atoms with E-state index in [-0.39, 0.29) is 12.4 Å². The number of nitrogens with zero attached hydrogens (tertiary/aromatic N) is 5. The standard InChI is InChI=1S/C12H19N6O5PS/c1-17(2)8-9(19)6(3-22-24(20,21)25)23-12(8)18-5-16-7-10(13)14-4-15-11(7)18/h4-6,8-9,12,19H,3H2,1-2H3,(H2,13,14,15)(H2,20,21,25)/t6-,8-,9-,12-/m1/s1. The van der Waals surface area contributed by atoms with Gasteiger partial charge in [-0.05, 0) is 25.9 Å². The quantitative estimate of drug-likeness (QED) is 0.457. The largest absolute Gasteiger partial charge is 0.388 e. The van der Waals surface area contributed by atoms with E-state index in [9.17, 15) is 14.9 Å². The summed E-state index contributed by atoms with van der Waals surface area (Å²) in [5.74, 6) is 0.241. The highest BCUT2D eigenvalue weighted by atomic mass is 32.5. The number of hydrogen-bond donors (Lipinski definition) is 4.